The van der Waals surface area contributed by atoms with Gasteiger partial charge in [-0.2, -0.15) is 0 Å². The maximum Gasteiger partial charge on any atom is 0.255 e. The van der Waals surface area contributed by atoms with Crippen LogP contribution in [-0.4, -0.2) is 14.7 Å². The number of H-pyrrole nitrogens is 1. The summed E-state index contributed by atoms with van der Waals surface area (Å²) in [6, 6.07) is 8.19. The zero-order chi connectivity index (χ0) is 17.4. The van der Waals surface area contributed by atoms with Crippen LogP contribution in [0.1, 0.15) is 43.7 Å². The molecule has 1 aliphatic carbocycles. The van der Waals surface area contributed by atoms with Gasteiger partial charge < -0.3 is 14.7 Å². The number of benzene rings is 1. The molecule has 1 fully saturated rings. The fourth-order valence-electron chi connectivity index (χ4n) is 3.14. The average Bonchev–Trinajstić information content (AvgIpc) is 3.37. The zero-order valence-electron chi connectivity index (χ0n) is 14.7. The first kappa shape index (κ1) is 16.4. The van der Waals surface area contributed by atoms with Gasteiger partial charge in [-0.05, 0) is 49.4 Å². The first-order valence-corrected chi connectivity index (χ1v) is 8.57. The van der Waals surface area contributed by atoms with Crippen molar-refractivity contribution in [3.05, 3.63) is 51.9 Å². The molecule has 3 aromatic rings. The highest BCUT2D eigenvalue weighted by atomic mass is 16.3. The Labute approximate surface area is 141 Å². The SMILES string of the molecule is CC.Cc1c(O)c(C2CC2)c(-c2ccc3c(ccn3C)c2)[nH]c1=O. The number of rotatable bonds is 2. The molecule has 1 saturated carbocycles. The zero-order valence-corrected chi connectivity index (χ0v) is 14.7. The van der Waals surface area contributed by atoms with Crippen LogP contribution in [0.15, 0.2) is 35.3 Å². The number of fused-ring (bicyclic) bond motifs is 1. The van der Waals surface area contributed by atoms with Crippen LogP contribution in [0.5, 0.6) is 5.75 Å². The predicted molar refractivity (Wildman–Crippen MR) is 98.7 cm³/mol. The van der Waals surface area contributed by atoms with E-state index in [1.54, 1.807) is 6.92 Å². The Morgan fingerprint density at radius 1 is 1.21 bits per heavy atom. The molecule has 0 aliphatic heterocycles. The molecule has 126 valence electrons. The van der Waals surface area contributed by atoms with Gasteiger partial charge in [0.2, 0.25) is 0 Å². The van der Waals surface area contributed by atoms with Gasteiger partial charge in [-0.15, -0.1) is 0 Å². The highest BCUT2D eigenvalue weighted by Crippen LogP contribution is 2.48. The highest BCUT2D eigenvalue weighted by Gasteiger charge is 2.31. The van der Waals surface area contributed by atoms with E-state index in [-0.39, 0.29) is 11.3 Å². The van der Waals surface area contributed by atoms with Crippen LogP contribution in [0.3, 0.4) is 0 Å². The summed E-state index contributed by atoms with van der Waals surface area (Å²) in [5.74, 6) is 0.520. The van der Waals surface area contributed by atoms with Crippen molar-refractivity contribution in [3.63, 3.8) is 0 Å². The molecule has 0 bridgehead atoms. The van der Waals surface area contributed by atoms with Crippen LogP contribution in [0.25, 0.3) is 22.2 Å². The molecule has 0 unspecified atom stereocenters. The minimum Gasteiger partial charge on any atom is -0.507 e. The molecule has 0 radical (unpaired) electrons. The van der Waals surface area contributed by atoms with E-state index in [1.165, 1.54) is 0 Å². The van der Waals surface area contributed by atoms with Crippen molar-refractivity contribution in [3.8, 4) is 17.0 Å². The Balaban J connectivity index is 0.000000815. The number of aromatic hydroxyl groups is 1. The third-order valence-corrected chi connectivity index (χ3v) is 4.62. The van der Waals surface area contributed by atoms with E-state index in [1.807, 2.05) is 33.2 Å². The maximum atomic E-state index is 12.1. The van der Waals surface area contributed by atoms with Crippen LogP contribution in [-0.2, 0) is 7.05 Å². The fourth-order valence-corrected chi connectivity index (χ4v) is 3.14. The Hall–Kier alpha value is -2.49. The molecular weight excluding hydrogens is 300 g/mol. The van der Waals surface area contributed by atoms with Gasteiger partial charge in [-0.25, -0.2) is 0 Å². The fraction of sp³-hybridized carbons (Fsp3) is 0.350. The Morgan fingerprint density at radius 2 is 1.92 bits per heavy atom. The van der Waals surface area contributed by atoms with Crippen molar-refractivity contribution in [2.45, 2.75) is 39.5 Å². The predicted octanol–water partition coefficient (Wildman–Crippen LogP) is 4.45. The molecule has 24 heavy (non-hydrogen) atoms. The molecule has 2 aromatic heterocycles. The summed E-state index contributed by atoms with van der Waals surface area (Å²) < 4.78 is 2.07. The third kappa shape index (κ3) is 2.62. The Bertz CT molecular complexity index is 946. The van der Waals surface area contributed by atoms with Gasteiger partial charge in [-0.1, -0.05) is 19.9 Å². The summed E-state index contributed by atoms with van der Waals surface area (Å²) in [5, 5.41) is 11.6. The molecule has 0 saturated heterocycles. The van der Waals surface area contributed by atoms with Crippen molar-refractivity contribution >= 4 is 10.9 Å². The first-order valence-electron chi connectivity index (χ1n) is 8.57. The van der Waals surface area contributed by atoms with Gasteiger partial charge in [0.05, 0.1) is 11.3 Å². The molecule has 0 spiro atoms. The molecule has 0 amide bonds. The lowest BCUT2D eigenvalue weighted by Crippen LogP contribution is -2.13. The number of pyridine rings is 1. The number of hydrogen-bond acceptors (Lipinski definition) is 2. The molecule has 1 aliphatic rings. The lowest BCUT2D eigenvalue weighted by Gasteiger charge is -2.13. The number of nitrogens with one attached hydrogen (secondary N) is 1. The summed E-state index contributed by atoms with van der Waals surface area (Å²) in [5.41, 5.74) is 3.95. The van der Waals surface area contributed by atoms with Crippen molar-refractivity contribution in [2.75, 3.05) is 0 Å². The van der Waals surface area contributed by atoms with Crippen molar-refractivity contribution in [1.29, 1.82) is 0 Å². The quantitative estimate of drug-likeness (QED) is 0.731. The molecule has 2 N–H and O–H groups in total. The van der Waals surface area contributed by atoms with Crippen LogP contribution in [0, 0.1) is 6.92 Å². The highest BCUT2D eigenvalue weighted by molar-refractivity contribution is 5.86. The lowest BCUT2D eigenvalue weighted by atomic mass is 9.98. The van der Waals surface area contributed by atoms with Gasteiger partial charge in [0.1, 0.15) is 5.75 Å². The standard InChI is InChI=1S/C18H18N2O2.C2H6/c1-10-17(21)15(11-3-4-11)16(19-18(10)22)13-5-6-14-12(9-13)7-8-20(14)2;1-2/h5-9,11H,3-4H2,1-2H3,(H2,19,21,22);1-2H3. The molecular formula is C20H24N2O2. The second kappa shape index (κ2) is 6.19. The third-order valence-electron chi connectivity index (χ3n) is 4.62. The summed E-state index contributed by atoms with van der Waals surface area (Å²) in [6.45, 7) is 5.67. The maximum absolute atomic E-state index is 12.1. The van der Waals surface area contributed by atoms with E-state index in [4.69, 9.17) is 0 Å². The van der Waals surface area contributed by atoms with Crippen LogP contribution >= 0.6 is 0 Å². The smallest absolute Gasteiger partial charge is 0.255 e. The molecule has 2 heterocycles. The van der Waals surface area contributed by atoms with Gasteiger partial charge in [0.25, 0.3) is 5.56 Å². The molecule has 4 rings (SSSR count). The monoisotopic (exact) mass is 324 g/mol. The summed E-state index contributed by atoms with van der Waals surface area (Å²) in [6.07, 6.45) is 4.16. The minimum atomic E-state index is -0.218. The first-order chi connectivity index (χ1) is 11.6. The Morgan fingerprint density at radius 3 is 2.58 bits per heavy atom. The number of hydrogen-bond donors (Lipinski definition) is 2. The molecule has 1 aromatic carbocycles. The van der Waals surface area contributed by atoms with Gasteiger partial charge >= 0.3 is 0 Å². The minimum absolute atomic E-state index is 0.161. The van der Waals surface area contributed by atoms with Crippen LogP contribution in [0.2, 0.25) is 0 Å². The number of aromatic nitrogens is 2. The van der Waals surface area contributed by atoms with E-state index in [0.29, 0.717) is 11.5 Å². The average molecular weight is 324 g/mol. The number of aryl methyl sites for hydroxylation is 1. The van der Waals surface area contributed by atoms with Gasteiger partial charge in [0, 0.05) is 29.7 Å². The van der Waals surface area contributed by atoms with Crippen molar-refractivity contribution in [2.24, 2.45) is 7.05 Å². The van der Waals surface area contributed by atoms with Gasteiger partial charge in [-0.3, -0.25) is 4.79 Å². The number of nitrogens with zero attached hydrogens (tertiary/aromatic N) is 1. The summed E-state index contributed by atoms with van der Waals surface area (Å²) >= 11 is 0. The second-order valence-electron chi connectivity index (χ2n) is 6.19. The van der Waals surface area contributed by atoms with Crippen LogP contribution in [0.4, 0.5) is 0 Å². The topological polar surface area (TPSA) is 58.0 Å². The lowest BCUT2D eigenvalue weighted by molar-refractivity contribution is 0.462. The Kier molecular flexibility index (Phi) is 4.22. The number of aromatic amines is 1. The van der Waals surface area contributed by atoms with E-state index < -0.39 is 0 Å². The van der Waals surface area contributed by atoms with Gasteiger partial charge in [0.15, 0.2) is 0 Å². The van der Waals surface area contributed by atoms with E-state index in [2.05, 4.69) is 27.8 Å². The molecule has 0 atom stereocenters. The second-order valence-corrected chi connectivity index (χ2v) is 6.19. The normalized spacial score (nSPS) is 13.7. The van der Waals surface area contributed by atoms with Crippen molar-refractivity contribution in [1.82, 2.24) is 9.55 Å². The summed E-state index contributed by atoms with van der Waals surface area (Å²) in [7, 11) is 2.01. The van der Waals surface area contributed by atoms with E-state index in [0.717, 1.165) is 40.6 Å². The van der Waals surface area contributed by atoms with E-state index in [9.17, 15) is 9.90 Å². The largest absolute Gasteiger partial charge is 0.507 e. The summed E-state index contributed by atoms with van der Waals surface area (Å²) in [4.78, 5) is 15.0. The van der Waals surface area contributed by atoms with Crippen molar-refractivity contribution < 1.29 is 5.11 Å². The molecule has 4 nitrogen and oxygen atoms in total. The van der Waals surface area contributed by atoms with Crippen LogP contribution < -0.4 is 5.56 Å². The van der Waals surface area contributed by atoms with E-state index >= 15 is 0 Å². The molecule has 4 heteroatoms.